The lowest BCUT2D eigenvalue weighted by molar-refractivity contribution is -0.131. The van der Waals surface area contributed by atoms with Gasteiger partial charge in [0.25, 0.3) is 0 Å². The highest BCUT2D eigenvalue weighted by Crippen LogP contribution is 2.22. The Morgan fingerprint density at radius 2 is 1.69 bits per heavy atom. The second-order valence-corrected chi connectivity index (χ2v) is 7.78. The van der Waals surface area contributed by atoms with Crippen molar-refractivity contribution in [2.45, 2.75) is 26.4 Å². The summed E-state index contributed by atoms with van der Waals surface area (Å²) in [5.41, 5.74) is 3.57. The molecule has 2 aromatic carbocycles. The van der Waals surface area contributed by atoms with Gasteiger partial charge in [-0.1, -0.05) is 43.3 Å². The Morgan fingerprint density at radius 3 is 2.38 bits per heavy atom. The van der Waals surface area contributed by atoms with Gasteiger partial charge in [0, 0.05) is 13.6 Å². The number of benzene rings is 2. The lowest BCUT2D eigenvalue weighted by Crippen LogP contribution is -2.36. The van der Waals surface area contributed by atoms with Gasteiger partial charge in [-0.15, -0.1) is 11.3 Å². The third kappa shape index (κ3) is 4.68. The molecule has 136 valence electrons. The summed E-state index contributed by atoms with van der Waals surface area (Å²) >= 11 is 1.65. The number of amides is 1. The van der Waals surface area contributed by atoms with Crippen LogP contribution in [0.2, 0.25) is 0 Å². The maximum atomic E-state index is 12.5. The number of hydrogen-bond acceptors (Lipinski definition) is 4. The van der Waals surface area contributed by atoms with E-state index in [4.69, 9.17) is 0 Å². The van der Waals surface area contributed by atoms with Crippen molar-refractivity contribution >= 4 is 27.5 Å². The van der Waals surface area contributed by atoms with E-state index >= 15 is 0 Å². The highest BCUT2D eigenvalue weighted by atomic mass is 32.1. The van der Waals surface area contributed by atoms with Crippen molar-refractivity contribution in [1.29, 1.82) is 0 Å². The van der Waals surface area contributed by atoms with Gasteiger partial charge in [-0.05, 0) is 36.7 Å². The molecule has 4 nitrogen and oxygen atoms in total. The van der Waals surface area contributed by atoms with Gasteiger partial charge in [0.15, 0.2) is 0 Å². The molecule has 1 aromatic heterocycles. The number of aromatic nitrogens is 1. The highest BCUT2D eigenvalue weighted by Gasteiger charge is 2.14. The predicted molar refractivity (Wildman–Crippen MR) is 108 cm³/mol. The first-order chi connectivity index (χ1) is 12.5. The quantitative estimate of drug-likeness (QED) is 0.634. The fourth-order valence-corrected chi connectivity index (χ4v) is 3.90. The summed E-state index contributed by atoms with van der Waals surface area (Å²) in [5, 5.41) is 0.972. The monoisotopic (exact) mass is 367 g/mol. The zero-order valence-corrected chi connectivity index (χ0v) is 16.4. The average Bonchev–Trinajstić information content (AvgIpc) is 3.04. The Hall–Kier alpha value is -2.24. The number of carbonyl (C=O) groups excluding carboxylic acids is 1. The predicted octanol–water partition coefficient (Wildman–Crippen LogP) is 3.95. The molecule has 0 aliphatic heterocycles. The van der Waals surface area contributed by atoms with E-state index in [9.17, 15) is 4.79 Å². The molecule has 0 fully saturated rings. The van der Waals surface area contributed by atoms with Crippen LogP contribution in [-0.4, -0.2) is 41.3 Å². The van der Waals surface area contributed by atoms with Crippen LogP contribution in [0.25, 0.3) is 10.2 Å². The summed E-state index contributed by atoms with van der Waals surface area (Å²) in [6, 6.07) is 16.7. The number of aryl methyl sites for hydroxylation is 1. The molecule has 3 aromatic rings. The number of para-hydroxylation sites is 1. The second kappa shape index (κ2) is 8.43. The van der Waals surface area contributed by atoms with Crippen molar-refractivity contribution in [3.05, 3.63) is 64.7 Å². The number of thiazole rings is 1. The Morgan fingerprint density at radius 1 is 1.00 bits per heavy atom. The maximum absolute atomic E-state index is 12.5. The molecule has 5 heteroatoms. The van der Waals surface area contributed by atoms with Crippen molar-refractivity contribution in [2.24, 2.45) is 0 Å². The molecule has 0 saturated carbocycles. The van der Waals surface area contributed by atoms with E-state index in [1.807, 2.05) is 32.3 Å². The van der Waals surface area contributed by atoms with E-state index in [0.29, 0.717) is 13.1 Å². The van der Waals surface area contributed by atoms with Crippen LogP contribution in [0.1, 0.15) is 23.1 Å². The standard InChI is InChI=1S/C21H25N3OS/c1-4-16-9-11-17(12-10-16)13-23(2)15-21(25)24(3)14-20-22-18-7-5-6-8-19(18)26-20/h5-12H,4,13-15H2,1-3H3. The molecule has 0 saturated heterocycles. The third-order valence-electron chi connectivity index (χ3n) is 4.43. The van der Waals surface area contributed by atoms with Crippen molar-refractivity contribution in [2.75, 3.05) is 20.6 Å². The number of rotatable bonds is 7. The molecular formula is C21H25N3OS. The fourth-order valence-electron chi connectivity index (χ4n) is 2.88. The molecule has 0 atom stereocenters. The van der Waals surface area contributed by atoms with Crippen molar-refractivity contribution in [3.63, 3.8) is 0 Å². The van der Waals surface area contributed by atoms with Crippen LogP contribution in [-0.2, 0) is 24.3 Å². The molecule has 1 amide bonds. The molecule has 0 aliphatic rings. The number of likely N-dealkylation sites (N-methyl/N-ethyl adjacent to an activating group) is 2. The average molecular weight is 368 g/mol. The van der Waals surface area contributed by atoms with Crippen molar-refractivity contribution < 1.29 is 4.79 Å². The Kier molecular flexibility index (Phi) is 6.01. The van der Waals surface area contributed by atoms with E-state index in [-0.39, 0.29) is 5.91 Å². The van der Waals surface area contributed by atoms with Crippen LogP contribution in [0.4, 0.5) is 0 Å². The SMILES string of the molecule is CCc1ccc(CN(C)CC(=O)N(C)Cc2nc3ccccc3s2)cc1. The summed E-state index contributed by atoms with van der Waals surface area (Å²) in [5.74, 6) is 0.108. The van der Waals surface area contributed by atoms with Gasteiger partial charge in [-0.3, -0.25) is 9.69 Å². The number of nitrogens with zero attached hydrogens (tertiary/aromatic N) is 3. The lowest BCUT2D eigenvalue weighted by atomic mass is 10.1. The summed E-state index contributed by atoms with van der Waals surface area (Å²) in [4.78, 5) is 20.9. The van der Waals surface area contributed by atoms with Crippen LogP contribution in [0.3, 0.4) is 0 Å². The van der Waals surface area contributed by atoms with E-state index in [0.717, 1.165) is 28.2 Å². The zero-order chi connectivity index (χ0) is 18.5. The van der Waals surface area contributed by atoms with Gasteiger partial charge in [-0.2, -0.15) is 0 Å². The molecule has 0 spiro atoms. The Labute approximate surface area is 159 Å². The van der Waals surface area contributed by atoms with Gasteiger partial charge in [0.05, 0.1) is 23.3 Å². The van der Waals surface area contributed by atoms with Crippen LogP contribution in [0, 0.1) is 0 Å². The molecule has 3 rings (SSSR count). The molecule has 0 N–H and O–H groups in total. The summed E-state index contributed by atoms with van der Waals surface area (Å²) in [6.45, 7) is 3.87. The van der Waals surface area contributed by atoms with Gasteiger partial charge in [0.2, 0.25) is 5.91 Å². The van der Waals surface area contributed by atoms with Crippen LogP contribution in [0.15, 0.2) is 48.5 Å². The minimum Gasteiger partial charge on any atom is -0.338 e. The highest BCUT2D eigenvalue weighted by molar-refractivity contribution is 7.18. The smallest absolute Gasteiger partial charge is 0.236 e. The molecule has 0 bridgehead atoms. The second-order valence-electron chi connectivity index (χ2n) is 6.67. The Balaban J connectivity index is 1.54. The molecule has 0 unspecified atom stereocenters. The van der Waals surface area contributed by atoms with E-state index in [2.05, 4.69) is 47.1 Å². The van der Waals surface area contributed by atoms with E-state index in [1.165, 1.54) is 11.1 Å². The number of fused-ring (bicyclic) bond motifs is 1. The maximum Gasteiger partial charge on any atom is 0.236 e. The fraction of sp³-hybridized carbons (Fsp3) is 0.333. The number of carbonyl (C=O) groups is 1. The summed E-state index contributed by atoms with van der Waals surface area (Å²) < 4.78 is 1.16. The first-order valence-electron chi connectivity index (χ1n) is 8.90. The van der Waals surface area contributed by atoms with E-state index < -0.39 is 0 Å². The van der Waals surface area contributed by atoms with Gasteiger partial charge in [0.1, 0.15) is 5.01 Å². The molecule has 26 heavy (non-hydrogen) atoms. The van der Waals surface area contributed by atoms with E-state index in [1.54, 1.807) is 16.2 Å². The Bertz CT molecular complexity index is 839. The minimum atomic E-state index is 0.108. The van der Waals surface area contributed by atoms with Crippen LogP contribution >= 0.6 is 11.3 Å². The molecular weight excluding hydrogens is 342 g/mol. The summed E-state index contributed by atoms with van der Waals surface area (Å²) in [7, 11) is 3.83. The molecule has 0 radical (unpaired) electrons. The largest absolute Gasteiger partial charge is 0.338 e. The van der Waals surface area contributed by atoms with Gasteiger partial charge < -0.3 is 4.90 Å². The molecule has 0 aliphatic carbocycles. The third-order valence-corrected chi connectivity index (χ3v) is 5.45. The number of hydrogen-bond donors (Lipinski definition) is 0. The molecule has 1 heterocycles. The first-order valence-corrected chi connectivity index (χ1v) is 9.71. The zero-order valence-electron chi connectivity index (χ0n) is 15.6. The van der Waals surface area contributed by atoms with Crippen LogP contribution in [0.5, 0.6) is 0 Å². The van der Waals surface area contributed by atoms with Gasteiger partial charge in [-0.25, -0.2) is 4.98 Å². The topological polar surface area (TPSA) is 36.4 Å². The lowest BCUT2D eigenvalue weighted by Gasteiger charge is -2.21. The normalized spacial score (nSPS) is 11.2. The first kappa shape index (κ1) is 18.5. The van der Waals surface area contributed by atoms with Crippen molar-refractivity contribution in [3.8, 4) is 0 Å². The minimum absolute atomic E-state index is 0.108. The summed E-state index contributed by atoms with van der Waals surface area (Å²) in [6.07, 6.45) is 1.05. The van der Waals surface area contributed by atoms with Crippen molar-refractivity contribution in [1.82, 2.24) is 14.8 Å². The van der Waals surface area contributed by atoms with Gasteiger partial charge >= 0.3 is 0 Å². The van der Waals surface area contributed by atoms with Crippen LogP contribution < -0.4 is 0 Å².